The smallest absolute Gasteiger partial charge is 0.327 e. The molecular formula is C22H25ClN2O4. The van der Waals surface area contributed by atoms with Crippen LogP contribution in [0.15, 0.2) is 42.5 Å². The number of rotatable bonds is 5. The number of aryl methyl sites for hydroxylation is 1. The lowest BCUT2D eigenvalue weighted by Crippen LogP contribution is -2.51. The van der Waals surface area contributed by atoms with Crippen LogP contribution in [0.2, 0.25) is 5.02 Å². The quantitative estimate of drug-likeness (QED) is 0.700. The lowest BCUT2D eigenvalue weighted by Gasteiger charge is -2.38. The minimum atomic E-state index is -0.519. The molecule has 29 heavy (non-hydrogen) atoms. The van der Waals surface area contributed by atoms with E-state index in [4.69, 9.17) is 21.1 Å². The van der Waals surface area contributed by atoms with Crippen LogP contribution in [-0.4, -0.2) is 62.1 Å². The monoisotopic (exact) mass is 416 g/mol. The zero-order valence-electron chi connectivity index (χ0n) is 16.9. The molecule has 0 bridgehead atoms. The van der Waals surface area contributed by atoms with E-state index < -0.39 is 6.04 Å². The van der Waals surface area contributed by atoms with E-state index in [2.05, 4.69) is 0 Å². The van der Waals surface area contributed by atoms with Gasteiger partial charge in [-0.25, -0.2) is 4.79 Å². The average Bonchev–Trinajstić information content (AvgIpc) is 2.75. The summed E-state index contributed by atoms with van der Waals surface area (Å²) in [5.74, 6) is 0.336. The number of piperazine rings is 1. The normalized spacial score (nSPS) is 15.7. The number of halogens is 1. The lowest BCUT2D eigenvalue weighted by molar-refractivity contribution is -0.148. The van der Waals surface area contributed by atoms with E-state index in [-0.39, 0.29) is 11.9 Å². The lowest BCUT2D eigenvalue weighted by atomic mass is 10.0. The van der Waals surface area contributed by atoms with Crippen LogP contribution < -0.4 is 4.74 Å². The standard InChI is InChI=1S/C22H25ClN2O4/c1-15-4-5-17(14-19(15)28-2)21(26)25-12-10-24(11-13-25)20(22(27)29-3)16-6-8-18(23)9-7-16/h4-9,14,20H,10-13H2,1-3H3. The second-order valence-electron chi connectivity index (χ2n) is 6.99. The Morgan fingerprint density at radius 3 is 2.24 bits per heavy atom. The van der Waals surface area contributed by atoms with Crippen LogP contribution in [0.5, 0.6) is 5.75 Å². The molecule has 3 rings (SSSR count). The van der Waals surface area contributed by atoms with Gasteiger partial charge < -0.3 is 14.4 Å². The number of carbonyl (C=O) groups excluding carboxylic acids is 2. The third-order valence-electron chi connectivity index (χ3n) is 5.23. The van der Waals surface area contributed by atoms with Gasteiger partial charge in [0.15, 0.2) is 0 Å². The molecule has 6 nitrogen and oxygen atoms in total. The SMILES string of the molecule is COC(=O)C(c1ccc(Cl)cc1)N1CCN(C(=O)c2ccc(C)c(OC)c2)CC1. The first-order chi connectivity index (χ1) is 13.9. The Bertz CT molecular complexity index is 877. The van der Waals surface area contributed by atoms with Crippen molar-refractivity contribution in [2.75, 3.05) is 40.4 Å². The van der Waals surface area contributed by atoms with Crippen LogP contribution >= 0.6 is 11.6 Å². The van der Waals surface area contributed by atoms with Crippen molar-refractivity contribution >= 4 is 23.5 Å². The molecule has 1 aliphatic rings. The molecule has 0 N–H and O–H groups in total. The van der Waals surface area contributed by atoms with Crippen molar-refractivity contribution in [3.05, 3.63) is 64.2 Å². The maximum Gasteiger partial charge on any atom is 0.327 e. The van der Waals surface area contributed by atoms with Crippen LogP contribution in [0.3, 0.4) is 0 Å². The summed E-state index contributed by atoms with van der Waals surface area (Å²) in [5, 5.41) is 0.612. The maximum absolute atomic E-state index is 12.9. The van der Waals surface area contributed by atoms with Crippen LogP contribution in [0.25, 0.3) is 0 Å². The highest BCUT2D eigenvalue weighted by molar-refractivity contribution is 6.30. The molecule has 0 spiro atoms. The fourth-order valence-corrected chi connectivity index (χ4v) is 3.70. The van der Waals surface area contributed by atoms with E-state index in [1.807, 2.05) is 36.1 Å². The number of ether oxygens (including phenoxy) is 2. The molecule has 1 unspecified atom stereocenters. The zero-order valence-corrected chi connectivity index (χ0v) is 17.6. The minimum absolute atomic E-state index is 0.0379. The number of esters is 1. The fourth-order valence-electron chi connectivity index (χ4n) is 3.57. The number of benzene rings is 2. The summed E-state index contributed by atoms with van der Waals surface area (Å²) >= 11 is 5.98. The molecule has 1 aliphatic heterocycles. The van der Waals surface area contributed by atoms with Crippen molar-refractivity contribution in [2.45, 2.75) is 13.0 Å². The van der Waals surface area contributed by atoms with Crippen LogP contribution in [-0.2, 0) is 9.53 Å². The predicted molar refractivity (Wildman–Crippen MR) is 111 cm³/mol. The van der Waals surface area contributed by atoms with Gasteiger partial charge in [-0.3, -0.25) is 9.69 Å². The maximum atomic E-state index is 12.9. The number of nitrogens with zero attached hydrogens (tertiary/aromatic N) is 2. The van der Waals surface area contributed by atoms with Crippen LogP contribution in [0.1, 0.15) is 27.5 Å². The molecule has 1 saturated heterocycles. The Morgan fingerprint density at radius 1 is 1.00 bits per heavy atom. The molecule has 1 amide bonds. The molecule has 2 aromatic rings. The summed E-state index contributed by atoms with van der Waals surface area (Å²) < 4.78 is 10.4. The minimum Gasteiger partial charge on any atom is -0.496 e. The van der Waals surface area contributed by atoms with E-state index in [0.717, 1.165) is 11.1 Å². The first-order valence-corrected chi connectivity index (χ1v) is 9.83. The van der Waals surface area contributed by atoms with Gasteiger partial charge in [0, 0.05) is 36.8 Å². The summed E-state index contributed by atoms with van der Waals surface area (Å²) in [5.41, 5.74) is 2.41. The third kappa shape index (κ3) is 4.71. The molecule has 1 fully saturated rings. The van der Waals surface area contributed by atoms with Crippen molar-refractivity contribution in [1.82, 2.24) is 9.80 Å². The number of hydrogen-bond acceptors (Lipinski definition) is 5. The van der Waals surface area contributed by atoms with Gasteiger partial charge in [0.2, 0.25) is 0 Å². The highest BCUT2D eigenvalue weighted by Crippen LogP contribution is 2.26. The molecule has 154 valence electrons. The van der Waals surface area contributed by atoms with Gasteiger partial charge in [-0.05, 0) is 42.3 Å². The molecule has 0 saturated carbocycles. The van der Waals surface area contributed by atoms with Gasteiger partial charge in [-0.15, -0.1) is 0 Å². The third-order valence-corrected chi connectivity index (χ3v) is 5.48. The summed E-state index contributed by atoms with van der Waals surface area (Å²) in [7, 11) is 2.98. The van der Waals surface area contributed by atoms with E-state index in [0.29, 0.717) is 42.5 Å². The Hall–Kier alpha value is -2.57. The molecule has 1 heterocycles. The summed E-state index contributed by atoms with van der Waals surface area (Å²) in [6, 6.07) is 12.1. The number of hydrogen-bond donors (Lipinski definition) is 0. The fraction of sp³-hybridized carbons (Fsp3) is 0.364. The topological polar surface area (TPSA) is 59.1 Å². The second-order valence-corrected chi connectivity index (χ2v) is 7.43. The van der Waals surface area contributed by atoms with E-state index in [1.165, 1.54) is 7.11 Å². The molecule has 2 aromatic carbocycles. The predicted octanol–water partition coefficient (Wildman–Crippen LogP) is 3.33. The highest BCUT2D eigenvalue weighted by Gasteiger charge is 2.32. The van der Waals surface area contributed by atoms with Gasteiger partial charge in [-0.2, -0.15) is 0 Å². The van der Waals surface area contributed by atoms with Crippen molar-refractivity contribution in [3.63, 3.8) is 0 Å². The number of amides is 1. The zero-order chi connectivity index (χ0) is 21.0. The molecule has 0 radical (unpaired) electrons. The van der Waals surface area contributed by atoms with Gasteiger partial charge >= 0.3 is 5.97 Å². The van der Waals surface area contributed by atoms with E-state index in [1.54, 1.807) is 30.2 Å². The average molecular weight is 417 g/mol. The molecular weight excluding hydrogens is 392 g/mol. The van der Waals surface area contributed by atoms with Gasteiger partial charge in [0.05, 0.1) is 14.2 Å². The first-order valence-electron chi connectivity index (χ1n) is 9.46. The summed E-state index contributed by atoms with van der Waals surface area (Å²) in [6.07, 6.45) is 0. The summed E-state index contributed by atoms with van der Waals surface area (Å²) in [6.45, 7) is 4.12. The largest absolute Gasteiger partial charge is 0.496 e. The highest BCUT2D eigenvalue weighted by atomic mass is 35.5. The Kier molecular flexibility index (Phi) is 6.77. The second kappa shape index (κ2) is 9.29. The number of methoxy groups -OCH3 is 2. The van der Waals surface area contributed by atoms with E-state index >= 15 is 0 Å². The molecule has 0 aromatic heterocycles. The van der Waals surface area contributed by atoms with Gasteiger partial charge in [0.25, 0.3) is 5.91 Å². The molecule has 1 atom stereocenters. The van der Waals surface area contributed by atoms with Crippen LogP contribution in [0.4, 0.5) is 0 Å². The first kappa shape index (κ1) is 21.1. The summed E-state index contributed by atoms with van der Waals surface area (Å²) in [4.78, 5) is 29.2. The van der Waals surface area contributed by atoms with Gasteiger partial charge in [-0.1, -0.05) is 29.8 Å². The molecule has 0 aliphatic carbocycles. The van der Waals surface area contributed by atoms with Crippen molar-refractivity contribution in [2.24, 2.45) is 0 Å². The van der Waals surface area contributed by atoms with Crippen molar-refractivity contribution in [1.29, 1.82) is 0 Å². The Morgan fingerprint density at radius 2 is 1.66 bits per heavy atom. The molecule has 7 heteroatoms. The Labute approximate surface area is 176 Å². The van der Waals surface area contributed by atoms with Crippen molar-refractivity contribution in [3.8, 4) is 5.75 Å². The van der Waals surface area contributed by atoms with Crippen LogP contribution in [0, 0.1) is 6.92 Å². The van der Waals surface area contributed by atoms with Gasteiger partial charge in [0.1, 0.15) is 11.8 Å². The Balaban J connectivity index is 1.71. The van der Waals surface area contributed by atoms with E-state index in [9.17, 15) is 9.59 Å². The van der Waals surface area contributed by atoms with Crippen molar-refractivity contribution < 1.29 is 19.1 Å². The number of carbonyl (C=O) groups is 2.